The molecule has 3 rings (SSSR count). The lowest BCUT2D eigenvalue weighted by atomic mass is 10.2. The first-order chi connectivity index (χ1) is 13.0. The van der Waals surface area contributed by atoms with Crippen molar-refractivity contribution < 1.29 is 14.2 Å². The summed E-state index contributed by atoms with van der Waals surface area (Å²) in [6, 6.07) is 20.4. The Balaban J connectivity index is 1.71. The smallest absolute Gasteiger partial charge is 0.320 e. The van der Waals surface area contributed by atoms with Gasteiger partial charge in [0.2, 0.25) is 6.54 Å². The standard InChI is InChI=1S/C22H21N3O2/c1-16-6-10-18(11-7-16)23-21(26)15-25-14-4-3-5-20(25)22(27)24-19-12-8-17(2)9-13-19/h3-14H,15H2,1-2H3,(H-,23,24,26,27)/p+1. The fraction of sp³-hybridized carbons (Fsp3) is 0.136. The van der Waals surface area contributed by atoms with Gasteiger partial charge in [-0.2, -0.15) is 4.57 Å². The molecule has 0 saturated heterocycles. The number of nitrogens with zero attached hydrogens (tertiary/aromatic N) is 1. The first kappa shape index (κ1) is 18.3. The highest BCUT2D eigenvalue weighted by Gasteiger charge is 2.21. The third-order valence-corrected chi connectivity index (χ3v) is 4.13. The number of carbonyl (C=O) groups excluding carboxylic acids is 2. The highest BCUT2D eigenvalue weighted by Crippen LogP contribution is 2.10. The summed E-state index contributed by atoms with van der Waals surface area (Å²) >= 11 is 0. The molecule has 0 radical (unpaired) electrons. The summed E-state index contributed by atoms with van der Waals surface area (Å²) in [6.45, 7) is 4.03. The van der Waals surface area contributed by atoms with E-state index in [4.69, 9.17) is 0 Å². The summed E-state index contributed by atoms with van der Waals surface area (Å²) in [5.41, 5.74) is 4.10. The van der Waals surface area contributed by atoms with Gasteiger partial charge in [-0.3, -0.25) is 9.59 Å². The van der Waals surface area contributed by atoms with Crippen LogP contribution in [-0.4, -0.2) is 11.8 Å². The first-order valence-corrected chi connectivity index (χ1v) is 8.74. The number of anilines is 2. The van der Waals surface area contributed by atoms with Crippen LogP contribution in [-0.2, 0) is 11.3 Å². The van der Waals surface area contributed by atoms with E-state index < -0.39 is 0 Å². The summed E-state index contributed by atoms with van der Waals surface area (Å²) in [5, 5.41) is 5.71. The molecule has 0 fully saturated rings. The maximum Gasteiger partial charge on any atom is 0.320 e. The van der Waals surface area contributed by atoms with Crippen LogP contribution < -0.4 is 15.2 Å². The van der Waals surface area contributed by atoms with Gasteiger partial charge < -0.3 is 10.6 Å². The summed E-state index contributed by atoms with van der Waals surface area (Å²) in [7, 11) is 0. The van der Waals surface area contributed by atoms with Gasteiger partial charge in [-0.1, -0.05) is 35.4 Å². The average Bonchev–Trinajstić information content (AvgIpc) is 2.66. The van der Waals surface area contributed by atoms with E-state index in [1.165, 1.54) is 0 Å². The number of nitrogens with one attached hydrogen (secondary N) is 2. The molecule has 0 aliphatic carbocycles. The summed E-state index contributed by atoms with van der Waals surface area (Å²) in [6.07, 6.45) is 1.72. The summed E-state index contributed by atoms with van der Waals surface area (Å²) < 4.78 is 1.63. The molecule has 1 aromatic heterocycles. The van der Waals surface area contributed by atoms with Crippen LogP contribution in [0.15, 0.2) is 72.9 Å². The molecule has 0 atom stereocenters. The average molecular weight is 360 g/mol. The van der Waals surface area contributed by atoms with Crippen LogP contribution in [0.3, 0.4) is 0 Å². The zero-order valence-corrected chi connectivity index (χ0v) is 15.4. The topological polar surface area (TPSA) is 62.1 Å². The Morgan fingerprint density at radius 1 is 0.778 bits per heavy atom. The van der Waals surface area contributed by atoms with Crippen molar-refractivity contribution in [3.05, 3.63) is 89.7 Å². The van der Waals surface area contributed by atoms with Crippen molar-refractivity contribution >= 4 is 23.2 Å². The van der Waals surface area contributed by atoms with E-state index >= 15 is 0 Å². The van der Waals surface area contributed by atoms with Gasteiger partial charge in [-0.15, -0.1) is 0 Å². The molecule has 0 aliphatic rings. The lowest BCUT2D eigenvalue weighted by molar-refractivity contribution is -0.685. The number of aromatic nitrogens is 1. The Morgan fingerprint density at radius 2 is 1.33 bits per heavy atom. The molecule has 0 aliphatic heterocycles. The van der Waals surface area contributed by atoms with Crippen LogP contribution in [0.1, 0.15) is 21.6 Å². The second-order valence-corrected chi connectivity index (χ2v) is 6.45. The van der Waals surface area contributed by atoms with Gasteiger partial charge in [0, 0.05) is 23.5 Å². The molecule has 1 heterocycles. The number of aryl methyl sites for hydroxylation is 2. The quantitative estimate of drug-likeness (QED) is 0.684. The van der Waals surface area contributed by atoms with Crippen LogP contribution in [0.5, 0.6) is 0 Å². The minimum atomic E-state index is -0.261. The van der Waals surface area contributed by atoms with Crippen LogP contribution in [0.2, 0.25) is 0 Å². The van der Waals surface area contributed by atoms with Crippen molar-refractivity contribution in [2.45, 2.75) is 20.4 Å². The molecule has 0 unspecified atom stereocenters. The minimum absolute atomic E-state index is 0.0470. The van der Waals surface area contributed by atoms with Gasteiger partial charge in [-0.25, -0.2) is 0 Å². The molecule has 2 amide bonds. The van der Waals surface area contributed by atoms with Crippen molar-refractivity contribution in [3.63, 3.8) is 0 Å². The molecule has 5 nitrogen and oxygen atoms in total. The number of amides is 2. The first-order valence-electron chi connectivity index (χ1n) is 8.74. The predicted molar refractivity (Wildman–Crippen MR) is 106 cm³/mol. The SMILES string of the molecule is Cc1ccc(NC(=O)C[n+]2ccccc2C(=O)Nc2ccc(C)cc2)cc1. The van der Waals surface area contributed by atoms with Crippen molar-refractivity contribution in [2.24, 2.45) is 0 Å². The number of hydrogen-bond acceptors (Lipinski definition) is 2. The Hall–Kier alpha value is -3.47. The highest BCUT2D eigenvalue weighted by atomic mass is 16.2. The van der Waals surface area contributed by atoms with Gasteiger partial charge in [0.05, 0.1) is 0 Å². The fourth-order valence-corrected chi connectivity index (χ4v) is 2.64. The molecule has 5 heteroatoms. The summed E-state index contributed by atoms with van der Waals surface area (Å²) in [5.74, 6) is -0.456. The largest absolute Gasteiger partial charge is 0.321 e. The lowest BCUT2D eigenvalue weighted by Crippen LogP contribution is -2.46. The van der Waals surface area contributed by atoms with E-state index in [9.17, 15) is 9.59 Å². The lowest BCUT2D eigenvalue weighted by Gasteiger charge is -2.07. The molecule has 136 valence electrons. The molecule has 2 N–H and O–H groups in total. The third kappa shape index (κ3) is 5.01. The highest BCUT2D eigenvalue weighted by molar-refractivity contribution is 6.02. The monoisotopic (exact) mass is 360 g/mol. The molecule has 3 aromatic rings. The van der Waals surface area contributed by atoms with E-state index in [2.05, 4.69) is 10.6 Å². The van der Waals surface area contributed by atoms with E-state index in [-0.39, 0.29) is 18.4 Å². The zero-order chi connectivity index (χ0) is 19.2. The van der Waals surface area contributed by atoms with Crippen LogP contribution in [0, 0.1) is 13.8 Å². The van der Waals surface area contributed by atoms with Crippen molar-refractivity contribution in [3.8, 4) is 0 Å². The van der Waals surface area contributed by atoms with Gasteiger partial charge in [0.1, 0.15) is 0 Å². The molecule has 0 saturated carbocycles. The van der Waals surface area contributed by atoms with Gasteiger partial charge in [0.25, 0.3) is 11.6 Å². The van der Waals surface area contributed by atoms with E-state index in [1.54, 1.807) is 29.0 Å². The zero-order valence-electron chi connectivity index (χ0n) is 15.4. The second-order valence-electron chi connectivity index (χ2n) is 6.45. The number of benzene rings is 2. The molecule has 0 spiro atoms. The Morgan fingerprint density at radius 3 is 1.93 bits per heavy atom. The second kappa shape index (κ2) is 8.27. The van der Waals surface area contributed by atoms with E-state index in [1.807, 2.05) is 62.4 Å². The third-order valence-electron chi connectivity index (χ3n) is 4.13. The number of carbonyl (C=O) groups is 2. The molecule has 2 aromatic carbocycles. The van der Waals surface area contributed by atoms with Crippen molar-refractivity contribution in [2.75, 3.05) is 10.6 Å². The van der Waals surface area contributed by atoms with Crippen LogP contribution in [0.25, 0.3) is 0 Å². The number of hydrogen-bond donors (Lipinski definition) is 2. The van der Waals surface area contributed by atoms with Crippen LogP contribution in [0.4, 0.5) is 11.4 Å². The maximum absolute atomic E-state index is 12.6. The Kier molecular flexibility index (Phi) is 5.61. The summed E-state index contributed by atoms with van der Waals surface area (Å²) in [4.78, 5) is 25.0. The van der Waals surface area contributed by atoms with E-state index in [0.717, 1.165) is 16.8 Å². The van der Waals surface area contributed by atoms with Gasteiger partial charge >= 0.3 is 5.91 Å². The molecular formula is C22H22N3O2+. The van der Waals surface area contributed by atoms with Crippen molar-refractivity contribution in [1.29, 1.82) is 0 Å². The van der Waals surface area contributed by atoms with Crippen LogP contribution >= 0.6 is 0 Å². The van der Waals surface area contributed by atoms with Crippen molar-refractivity contribution in [1.82, 2.24) is 0 Å². The predicted octanol–water partition coefficient (Wildman–Crippen LogP) is 3.48. The minimum Gasteiger partial charge on any atom is -0.321 e. The maximum atomic E-state index is 12.6. The van der Waals surface area contributed by atoms with Gasteiger partial charge in [-0.05, 0) is 44.2 Å². The fourth-order valence-electron chi connectivity index (χ4n) is 2.64. The normalized spacial score (nSPS) is 10.3. The molecule has 27 heavy (non-hydrogen) atoms. The van der Waals surface area contributed by atoms with E-state index in [0.29, 0.717) is 11.4 Å². The number of pyridine rings is 1. The Bertz CT molecular complexity index is 948. The Labute approximate surface area is 158 Å². The molecular weight excluding hydrogens is 338 g/mol. The van der Waals surface area contributed by atoms with Gasteiger partial charge in [0.15, 0.2) is 6.20 Å². The number of rotatable bonds is 5. The molecule has 0 bridgehead atoms.